The fourth-order valence-electron chi connectivity index (χ4n) is 2.89. The van der Waals surface area contributed by atoms with Crippen LogP contribution >= 0.6 is 36.2 Å². The Labute approximate surface area is 159 Å². The van der Waals surface area contributed by atoms with E-state index in [0.29, 0.717) is 6.04 Å². The van der Waals surface area contributed by atoms with Crippen LogP contribution in [0.15, 0.2) is 41.8 Å². The van der Waals surface area contributed by atoms with Crippen LogP contribution in [-0.4, -0.2) is 37.0 Å². The van der Waals surface area contributed by atoms with E-state index in [9.17, 15) is 4.79 Å². The van der Waals surface area contributed by atoms with Crippen molar-refractivity contribution >= 4 is 47.7 Å². The Hall–Kier alpha value is -1.11. The standard InChI is InChI=1S/C17H21N3OS.2ClH/c1-13(21)19-15-6-4-14(5-7-15)17(16-3-2-12-22-16)20-10-8-18-9-11-20;;/h2-7,12,17-18H,8-11H2,1H3,(H,19,21);2*1H/t17-;;/m1../s1. The molecule has 2 aromatic rings. The van der Waals surface area contributed by atoms with Crippen molar-refractivity contribution in [3.05, 3.63) is 52.2 Å². The molecule has 0 unspecified atom stereocenters. The molecule has 2 N–H and O–H groups in total. The van der Waals surface area contributed by atoms with Gasteiger partial charge in [-0.15, -0.1) is 36.2 Å². The number of carbonyl (C=O) groups excluding carboxylic acids is 1. The van der Waals surface area contributed by atoms with Crippen molar-refractivity contribution in [1.82, 2.24) is 10.2 Å². The summed E-state index contributed by atoms with van der Waals surface area (Å²) in [4.78, 5) is 15.0. The summed E-state index contributed by atoms with van der Waals surface area (Å²) in [5, 5.41) is 8.37. The van der Waals surface area contributed by atoms with E-state index < -0.39 is 0 Å². The number of benzene rings is 1. The average molecular weight is 388 g/mol. The van der Waals surface area contributed by atoms with E-state index in [1.165, 1.54) is 17.4 Å². The lowest BCUT2D eigenvalue weighted by molar-refractivity contribution is -0.114. The SMILES string of the molecule is CC(=O)Nc1ccc([C@H](c2cccs2)N2CCNCC2)cc1.Cl.Cl. The number of amides is 1. The van der Waals surface area contributed by atoms with Crippen LogP contribution < -0.4 is 10.6 Å². The van der Waals surface area contributed by atoms with Gasteiger partial charge in [-0.3, -0.25) is 9.69 Å². The zero-order valence-electron chi connectivity index (χ0n) is 13.5. The minimum Gasteiger partial charge on any atom is -0.326 e. The molecule has 132 valence electrons. The number of nitrogens with one attached hydrogen (secondary N) is 2. The highest BCUT2D eigenvalue weighted by Gasteiger charge is 2.24. The Morgan fingerprint density at radius 2 is 1.83 bits per heavy atom. The first-order valence-electron chi connectivity index (χ1n) is 7.60. The highest BCUT2D eigenvalue weighted by Crippen LogP contribution is 2.32. The molecule has 1 saturated heterocycles. The van der Waals surface area contributed by atoms with Crippen molar-refractivity contribution in [2.24, 2.45) is 0 Å². The molecule has 3 rings (SSSR count). The molecule has 24 heavy (non-hydrogen) atoms. The quantitative estimate of drug-likeness (QED) is 0.842. The van der Waals surface area contributed by atoms with Gasteiger partial charge in [0.25, 0.3) is 0 Å². The molecule has 4 nitrogen and oxygen atoms in total. The summed E-state index contributed by atoms with van der Waals surface area (Å²) in [6, 6.07) is 12.8. The lowest BCUT2D eigenvalue weighted by Crippen LogP contribution is -2.45. The molecule has 0 spiro atoms. The second kappa shape index (κ2) is 10.0. The number of rotatable bonds is 4. The molecule has 2 heterocycles. The van der Waals surface area contributed by atoms with Crippen LogP contribution in [0.4, 0.5) is 5.69 Å². The maximum absolute atomic E-state index is 11.1. The summed E-state index contributed by atoms with van der Waals surface area (Å²) in [5.41, 5.74) is 2.12. The Kier molecular flexibility index (Phi) is 8.73. The molecule has 7 heteroatoms. The van der Waals surface area contributed by atoms with E-state index in [0.717, 1.165) is 31.9 Å². The van der Waals surface area contributed by atoms with Gasteiger partial charge in [0.1, 0.15) is 0 Å². The van der Waals surface area contributed by atoms with E-state index in [4.69, 9.17) is 0 Å². The fourth-order valence-corrected chi connectivity index (χ4v) is 3.78. The number of hydrogen-bond acceptors (Lipinski definition) is 4. The molecule has 0 aliphatic carbocycles. The maximum atomic E-state index is 11.1. The summed E-state index contributed by atoms with van der Waals surface area (Å²) in [6.07, 6.45) is 0. The monoisotopic (exact) mass is 387 g/mol. The minimum atomic E-state index is -0.0374. The summed E-state index contributed by atoms with van der Waals surface area (Å²) < 4.78 is 0. The van der Waals surface area contributed by atoms with Gasteiger partial charge < -0.3 is 10.6 Å². The van der Waals surface area contributed by atoms with E-state index in [1.807, 2.05) is 12.1 Å². The third-order valence-electron chi connectivity index (χ3n) is 3.88. The third-order valence-corrected chi connectivity index (χ3v) is 4.80. The van der Waals surface area contributed by atoms with Gasteiger partial charge in [0.15, 0.2) is 0 Å². The second-order valence-electron chi connectivity index (χ2n) is 5.51. The van der Waals surface area contributed by atoms with E-state index in [1.54, 1.807) is 11.3 Å². The third kappa shape index (κ3) is 5.19. The molecule has 1 amide bonds. The molecule has 1 aliphatic rings. The number of halogens is 2. The molecule has 1 atom stereocenters. The van der Waals surface area contributed by atoms with Crippen LogP contribution in [0, 0.1) is 0 Å². The molecular formula is C17H23Cl2N3OS. The zero-order valence-corrected chi connectivity index (χ0v) is 16.0. The van der Waals surface area contributed by atoms with Crippen molar-refractivity contribution in [2.45, 2.75) is 13.0 Å². The highest BCUT2D eigenvalue weighted by molar-refractivity contribution is 7.10. The van der Waals surface area contributed by atoms with Gasteiger partial charge in [-0.05, 0) is 29.1 Å². The topological polar surface area (TPSA) is 44.4 Å². The number of hydrogen-bond donors (Lipinski definition) is 2. The van der Waals surface area contributed by atoms with E-state index >= 15 is 0 Å². The van der Waals surface area contributed by atoms with Gasteiger partial charge in [-0.1, -0.05) is 18.2 Å². The van der Waals surface area contributed by atoms with Crippen molar-refractivity contribution in [3.63, 3.8) is 0 Å². The molecule has 0 saturated carbocycles. The fraction of sp³-hybridized carbons (Fsp3) is 0.353. The molecule has 0 radical (unpaired) electrons. The summed E-state index contributed by atoms with van der Waals surface area (Å²) in [5.74, 6) is -0.0374. The van der Waals surface area contributed by atoms with Gasteiger partial charge in [-0.2, -0.15) is 0 Å². The lowest BCUT2D eigenvalue weighted by Gasteiger charge is -2.34. The maximum Gasteiger partial charge on any atom is 0.221 e. The van der Waals surface area contributed by atoms with Crippen LogP contribution in [0.3, 0.4) is 0 Å². The first kappa shape index (κ1) is 20.9. The van der Waals surface area contributed by atoms with Crippen LogP contribution in [0.2, 0.25) is 0 Å². The summed E-state index contributed by atoms with van der Waals surface area (Å²) >= 11 is 1.80. The largest absolute Gasteiger partial charge is 0.326 e. The average Bonchev–Trinajstić information content (AvgIpc) is 3.04. The molecule has 1 aromatic heterocycles. The number of carbonyl (C=O) groups is 1. The van der Waals surface area contributed by atoms with Gasteiger partial charge in [-0.25, -0.2) is 0 Å². The number of thiophene rings is 1. The smallest absolute Gasteiger partial charge is 0.221 e. The predicted molar refractivity (Wildman–Crippen MR) is 106 cm³/mol. The Morgan fingerprint density at radius 3 is 2.38 bits per heavy atom. The molecular weight excluding hydrogens is 365 g/mol. The van der Waals surface area contributed by atoms with E-state index in [-0.39, 0.29) is 30.7 Å². The van der Waals surface area contributed by atoms with Crippen molar-refractivity contribution < 1.29 is 4.79 Å². The second-order valence-corrected chi connectivity index (χ2v) is 6.49. The van der Waals surface area contributed by atoms with Crippen molar-refractivity contribution in [3.8, 4) is 0 Å². The zero-order chi connectivity index (χ0) is 15.4. The van der Waals surface area contributed by atoms with Gasteiger partial charge in [0.05, 0.1) is 6.04 Å². The molecule has 0 bridgehead atoms. The first-order chi connectivity index (χ1) is 10.7. The minimum absolute atomic E-state index is 0. The van der Waals surface area contributed by atoms with Gasteiger partial charge >= 0.3 is 0 Å². The number of piperazine rings is 1. The van der Waals surface area contributed by atoms with Crippen LogP contribution in [0.1, 0.15) is 23.4 Å². The highest BCUT2D eigenvalue weighted by atomic mass is 35.5. The van der Waals surface area contributed by atoms with Gasteiger partial charge in [0, 0.05) is 43.7 Å². The Bertz CT molecular complexity index is 613. The van der Waals surface area contributed by atoms with Crippen molar-refractivity contribution in [2.75, 3.05) is 31.5 Å². The van der Waals surface area contributed by atoms with Crippen molar-refractivity contribution in [1.29, 1.82) is 0 Å². The van der Waals surface area contributed by atoms with E-state index in [2.05, 4.69) is 45.2 Å². The van der Waals surface area contributed by atoms with Crippen LogP contribution in [0.25, 0.3) is 0 Å². The molecule has 1 fully saturated rings. The normalized spacial score (nSPS) is 15.7. The molecule has 1 aromatic carbocycles. The Morgan fingerprint density at radius 1 is 1.17 bits per heavy atom. The predicted octanol–water partition coefficient (Wildman–Crippen LogP) is 3.54. The summed E-state index contributed by atoms with van der Waals surface area (Å²) in [7, 11) is 0. The number of nitrogens with zero attached hydrogens (tertiary/aromatic N) is 1. The van der Waals surface area contributed by atoms with Crippen LogP contribution in [0.5, 0.6) is 0 Å². The van der Waals surface area contributed by atoms with Gasteiger partial charge in [0.2, 0.25) is 5.91 Å². The Balaban J connectivity index is 0.00000144. The lowest BCUT2D eigenvalue weighted by atomic mass is 10.0. The number of anilines is 1. The first-order valence-corrected chi connectivity index (χ1v) is 8.48. The molecule has 1 aliphatic heterocycles. The summed E-state index contributed by atoms with van der Waals surface area (Å²) in [6.45, 7) is 5.70. The van der Waals surface area contributed by atoms with Crippen LogP contribution in [-0.2, 0) is 4.79 Å².